The Morgan fingerprint density at radius 3 is 2.29 bits per heavy atom. The number of hydrogen-bond donors (Lipinski definition) is 0. The molecule has 0 fully saturated rings. The molecule has 0 atom stereocenters. The van der Waals surface area contributed by atoms with Gasteiger partial charge in [0.2, 0.25) is 0 Å². The van der Waals surface area contributed by atoms with Crippen LogP contribution in [0.15, 0.2) is 42.7 Å². The van der Waals surface area contributed by atoms with Gasteiger partial charge in [0.25, 0.3) is 5.69 Å². The van der Waals surface area contributed by atoms with Gasteiger partial charge in [-0.1, -0.05) is 6.07 Å². The summed E-state index contributed by atoms with van der Waals surface area (Å²) in [7, 11) is 1.76. The van der Waals surface area contributed by atoms with Crippen LogP contribution in [0.5, 0.6) is 5.75 Å². The predicted molar refractivity (Wildman–Crippen MR) is 59.2 cm³/mol. The predicted octanol–water partition coefficient (Wildman–Crippen LogP) is 1.16. The van der Waals surface area contributed by atoms with Crippen molar-refractivity contribution < 1.29 is 14.6 Å². The first-order chi connectivity index (χ1) is 8.06. The van der Waals surface area contributed by atoms with Crippen molar-refractivity contribution in [1.29, 1.82) is 0 Å². The molecule has 1 heterocycles. The molecule has 86 valence electrons. The Balaban J connectivity index is 2.43. The highest BCUT2D eigenvalue weighted by atomic mass is 16.6. The number of pyridine rings is 1. The fraction of sp³-hybridized carbons (Fsp3) is 0.0833. The molecule has 0 aliphatic heterocycles. The minimum Gasteiger partial charge on any atom is -0.868 e. The number of benzene rings is 1. The fourth-order valence-electron chi connectivity index (χ4n) is 1.62. The molecule has 0 aliphatic rings. The Morgan fingerprint density at radius 2 is 1.76 bits per heavy atom. The average Bonchev–Trinajstić information content (AvgIpc) is 2.28. The second-order valence-corrected chi connectivity index (χ2v) is 3.73. The number of hydrogen-bond acceptors (Lipinski definition) is 3. The van der Waals surface area contributed by atoms with Crippen LogP contribution < -0.4 is 9.67 Å². The molecule has 0 N–H and O–H groups in total. The lowest BCUT2D eigenvalue weighted by atomic mass is 10.1. The lowest BCUT2D eigenvalue weighted by Gasteiger charge is -2.05. The minimum absolute atomic E-state index is 0.0383. The van der Waals surface area contributed by atoms with Gasteiger partial charge in [-0.2, -0.15) is 0 Å². The topological polar surface area (TPSA) is 70.1 Å². The quantitative estimate of drug-likeness (QED) is 0.441. The highest BCUT2D eigenvalue weighted by Crippen LogP contribution is 2.22. The summed E-state index contributed by atoms with van der Waals surface area (Å²) in [5.41, 5.74) is 1.57. The summed E-state index contributed by atoms with van der Waals surface area (Å²) in [6.45, 7) is 0. The molecule has 0 radical (unpaired) electrons. The van der Waals surface area contributed by atoms with Gasteiger partial charge in [0.15, 0.2) is 12.4 Å². The molecular weight excluding hydrogens is 220 g/mol. The van der Waals surface area contributed by atoms with Gasteiger partial charge < -0.3 is 5.11 Å². The zero-order valence-electron chi connectivity index (χ0n) is 9.16. The third-order valence-electron chi connectivity index (χ3n) is 2.38. The van der Waals surface area contributed by atoms with Gasteiger partial charge in [-0.05, 0) is 23.4 Å². The van der Waals surface area contributed by atoms with Crippen molar-refractivity contribution >= 4 is 5.69 Å². The summed E-state index contributed by atoms with van der Waals surface area (Å²) in [5, 5.41) is 21.8. The van der Waals surface area contributed by atoms with Crippen molar-refractivity contribution in [2.45, 2.75) is 0 Å². The van der Waals surface area contributed by atoms with Crippen LogP contribution in [-0.2, 0) is 7.05 Å². The Bertz CT molecular complexity index is 544. The van der Waals surface area contributed by atoms with Gasteiger partial charge >= 0.3 is 0 Å². The zero-order chi connectivity index (χ0) is 12.4. The normalized spacial score (nSPS) is 10.2. The van der Waals surface area contributed by atoms with Crippen LogP contribution in [0.2, 0.25) is 0 Å². The molecule has 0 saturated carbocycles. The van der Waals surface area contributed by atoms with Gasteiger partial charge in [0.05, 0.1) is 4.92 Å². The Morgan fingerprint density at radius 1 is 1.12 bits per heavy atom. The molecule has 5 nitrogen and oxygen atoms in total. The van der Waals surface area contributed by atoms with E-state index in [4.69, 9.17) is 0 Å². The van der Waals surface area contributed by atoms with Crippen molar-refractivity contribution in [3.05, 3.63) is 52.8 Å². The van der Waals surface area contributed by atoms with E-state index in [2.05, 4.69) is 0 Å². The summed E-state index contributed by atoms with van der Waals surface area (Å²) in [6, 6.07) is 7.61. The van der Waals surface area contributed by atoms with Crippen molar-refractivity contribution in [3.63, 3.8) is 0 Å². The van der Waals surface area contributed by atoms with E-state index >= 15 is 0 Å². The molecule has 0 unspecified atom stereocenters. The van der Waals surface area contributed by atoms with E-state index < -0.39 is 4.92 Å². The molecule has 0 amide bonds. The standard InChI is InChI=1S/C12H10N2O3/c1-13-7-10(6-12(15)8-13)9-2-4-11(5-3-9)14(16)17/h2-8H,1H3. The van der Waals surface area contributed by atoms with Gasteiger partial charge in [-0.15, -0.1) is 0 Å². The molecule has 0 aliphatic carbocycles. The largest absolute Gasteiger partial charge is 0.868 e. The van der Waals surface area contributed by atoms with Crippen LogP contribution in [0.25, 0.3) is 11.1 Å². The van der Waals surface area contributed by atoms with Crippen molar-refractivity contribution in [2.75, 3.05) is 0 Å². The number of nitro groups is 1. The SMILES string of the molecule is C[n+]1cc([O-])cc(-c2ccc([N+](=O)[O-])cc2)c1. The van der Waals surface area contributed by atoms with Crippen LogP contribution in [-0.4, -0.2) is 4.92 Å². The number of aryl methyl sites for hydroxylation is 1. The average molecular weight is 230 g/mol. The van der Waals surface area contributed by atoms with E-state index in [-0.39, 0.29) is 11.4 Å². The van der Waals surface area contributed by atoms with E-state index in [9.17, 15) is 15.2 Å². The number of nitrogens with zero attached hydrogens (tertiary/aromatic N) is 2. The van der Waals surface area contributed by atoms with Crippen molar-refractivity contribution in [2.24, 2.45) is 7.05 Å². The van der Waals surface area contributed by atoms with E-state index in [0.717, 1.165) is 11.1 Å². The maximum Gasteiger partial charge on any atom is 0.269 e. The molecule has 17 heavy (non-hydrogen) atoms. The summed E-state index contributed by atoms with van der Waals surface area (Å²) in [5.74, 6) is -0.0941. The molecule has 1 aromatic heterocycles. The van der Waals surface area contributed by atoms with Crippen molar-refractivity contribution in [3.8, 4) is 16.9 Å². The highest BCUT2D eigenvalue weighted by molar-refractivity contribution is 5.64. The lowest BCUT2D eigenvalue weighted by Crippen LogP contribution is -2.27. The first kappa shape index (κ1) is 11.1. The van der Waals surface area contributed by atoms with Gasteiger partial charge in [0, 0.05) is 17.7 Å². The van der Waals surface area contributed by atoms with Crippen molar-refractivity contribution in [1.82, 2.24) is 0 Å². The van der Waals surface area contributed by atoms with E-state index in [1.165, 1.54) is 24.4 Å². The molecule has 1 aromatic carbocycles. The fourth-order valence-corrected chi connectivity index (χ4v) is 1.62. The van der Waals surface area contributed by atoms with Crippen LogP contribution in [0, 0.1) is 10.1 Å². The smallest absolute Gasteiger partial charge is 0.269 e. The molecular formula is C12H10N2O3. The molecule has 2 aromatic rings. The number of non-ortho nitro benzene ring substituents is 1. The van der Waals surface area contributed by atoms with E-state index in [0.29, 0.717) is 0 Å². The molecule has 5 heteroatoms. The maximum absolute atomic E-state index is 11.3. The molecule has 0 bridgehead atoms. The van der Waals surface area contributed by atoms with Crippen LogP contribution in [0.4, 0.5) is 5.69 Å². The summed E-state index contributed by atoms with van der Waals surface area (Å²) in [4.78, 5) is 10.1. The van der Waals surface area contributed by atoms with Gasteiger partial charge in [-0.3, -0.25) is 10.1 Å². The maximum atomic E-state index is 11.3. The highest BCUT2D eigenvalue weighted by Gasteiger charge is 2.07. The summed E-state index contributed by atoms with van der Waals surface area (Å²) < 4.78 is 1.67. The number of aromatic nitrogens is 1. The molecule has 2 rings (SSSR count). The number of nitro benzene ring substituents is 1. The first-order valence-corrected chi connectivity index (χ1v) is 4.98. The third-order valence-corrected chi connectivity index (χ3v) is 2.38. The zero-order valence-corrected chi connectivity index (χ0v) is 9.16. The molecule has 0 spiro atoms. The van der Waals surface area contributed by atoms with Crippen LogP contribution >= 0.6 is 0 Å². The van der Waals surface area contributed by atoms with Gasteiger partial charge in [0.1, 0.15) is 7.05 Å². The second kappa shape index (κ2) is 4.21. The lowest BCUT2D eigenvalue weighted by molar-refractivity contribution is -0.673. The third kappa shape index (κ3) is 2.39. The van der Waals surface area contributed by atoms with Gasteiger partial charge in [-0.25, -0.2) is 4.57 Å². The molecule has 0 saturated heterocycles. The first-order valence-electron chi connectivity index (χ1n) is 4.98. The Hall–Kier alpha value is -2.43. The summed E-state index contributed by atoms with van der Waals surface area (Å²) >= 11 is 0. The monoisotopic (exact) mass is 230 g/mol. The minimum atomic E-state index is -0.451. The number of rotatable bonds is 2. The van der Waals surface area contributed by atoms with Crippen LogP contribution in [0.3, 0.4) is 0 Å². The Kier molecular flexibility index (Phi) is 2.74. The van der Waals surface area contributed by atoms with Crippen LogP contribution in [0.1, 0.15) is 0 Å². The van der Waals surface area contributed by atoms with E-state index in [1.54, 1.807) is 29.9 Å². The Labute approximate surface area is 97.7 Å². The van der Waals surface area contributed by atoms with E-state index in [1.807, 2.05) is 0 Å². The second-order valence-electron chi connectivity index (χ2n) is 3.73. The summed E-state index contributed by atoms with van der Waals surface area (Å²) in [6.07, 6.45) is 3.26.